The largest absolute Gasteiger partial charge is 0.497 e. The van der Waals surface area contributed by atoms with Crippen LogP contribution in [0.1, 0.15) is 35.1 Å². The molecule has 1 saturated heterocycles. The van der Waals surface area contributed by atoms with Gasteiger partial charge in [0.25, 0.3) is 0 Å². The van der Waals surface area contributed by atoms with Crippen LogP contribution in [0.2, 0.25) is 5.02 Å². The number of nitrogens with two attached hydrogens (primary N) is 1. The molecule has 5 rings (SSSR count). The Labute approximate surface area is 193 Å². The van der Waals surface area contributed by atoms with Crippen molar-refractivity contribution in [3.05, 3.63) is 93.8 Å². The Bertz CT molecular complexity index is 1190. The Morgan fingerprint density at radius 1 is 1.00 bits per heavy atom. The summed E-state index contributed by atoms with van der Waals surface area (Å²) in [7, 11) is 1.68. The molecule has 3 nitrogen and oxygen atoms in total. The molecule has 1 atom stereocenters. The Hall–Kier alpha value is -2.82. The van der Waals surface area contributed by atoms with Crippen LogP contribution in [0.15, 0.2) is 60.7 Å². The molecule has 0 radical (unpaired) electrons. The van der Waals surface area contributed by atoms with Crippen molar-refractivity contribution in [2.75, 3.05) is 25.1 Å². The Kier molecular flexibility index (Phi) is 5.66. The Morgan fingerprint density at radius 3 is 2.50 bits per heavy atom. The van der Waals surface area contributed by atoms with Crippen LogP contribution < -0.4 is 15.4 Å². The third-order valence-electron chi connectivity index (χ3n) is 6.53. The lowest BCUT2D eigenvalue weighted by Gasteiger charge is -2.26. The second kappa shape index (κ2) is 8.61. The van der Waals surface area contributed by atoms with Gasteiger partial charge in [-0.2, -0.15) is 0 Å². The van der Waals surface area contributed by atoms with E-state index in [1.54, 1.807) is 13.2 Å². The van der Waals surface area contributed by atoms with Gasteiger partial charge in [-0.25, -0.2) is 4.39 Å². The van der Waals surface area contributed by atoms with Gasteiger partial charge in [-0.15, -0.1) is 0 Å². The number of methoxy groups -OCH3 is 1. The third kappa shape index (κ3) is 3.89. The van der Waals surface area contributed by atoms with Gasteiger partial charge in [0.15, 0.2) is 0 Å². The second-order valence-corrected chi connectivity index (χ2v) is 8.95. The van der Waals surface area contributed by atoms with Crippen LogP contribution in [-0.4, -0.2) is 26.2 Å². The summed E-state index contributed by atoms with van der Waals surface area (Å²) in [5.74, 6) is 0.488. The number of hydrogen-bond donors (Lipinski definition) is 1. The van der Waals surface area contributed by atoms with Gasteiger partial charge in [-0.05, 0) is 89.1 Å². The minimum atomic E-state index is -0.327. The molecule has 3 aromatic carbocycles. The van der Waals surface area contributed by atoms with E-state index in [9.17, 15) is 4.39 Å². The van der Waals surface area contributed by atoms with E-state index in [0.29, 0.717) is 5.02 Å². The Morgan fingerprint density at radius 2 is 1.81 bits per heavy atom. The minimum absolute atomic E-state index is 0.238. The number of ether oxygens (including phenoxy) is 1. The standard InChI is InChI=1S/C27H26ClFN2O/c1-32-22-9-4-17-5-10-24(23-11-6-19(29)14-26(23)28)27(25(17)15-22)18-2-7-21(8-3-18)31-13-12-20(30)16-31/h2-4,6-9,11,14-15,20H,5,10,12-13,16,30H2,1H3/t20-/m0/s1. The molecule has 0 bridgehead atoms. The van der Waals surface area contributed by atoms with Crippen LogP contribution in [0.25, 0.3) is 11.1 Å². The summed E-state index contributed by atoms with van der Waals surface area (Å²) in [6.45, 7) is 1.87. The van der Waals surface area contributed by atoms with E-state index in [4.69, 9.17) is 22.1 Å². The molecule has 0 saturated carbocycles. The fourth-order valence-corrected chi connectivity index (χ4v) is 5.16. The van der Waals surface area contributed by atoms with Crippen molar-refractivity contribution in [1.82, 2.24) is 0 Å². The molecule has 5 heteroatoms. The third-order valence-corrected chi connectivity index (χ3v) is 6.85. The molecule has 1 fully saturated rings. The number of aryl methyl sites for hydroxylation is 1. The first-order chi connectivity index (χ1) is 15.5. The molecule has 3 aromatic rings. The van der Waals surface area contributed by atoms with E-state index in [-0.39, 0.29) is 11.9 Å². The number of hydrogen-bond acceptors (Lipinski definition) is 3. The lowest BCUT2D eigenvalue weighted by molar-refractivity contribution is 0.414. The monoisotopic (exact) mass is 448 g/mol. The highest BCUT2D eigenvalue weighted by Gasteiger charge is 2.24. The van der Waals surface area contributed by atoms with Gasteiger partial charge >= 0.3 is 0 Å². The minimum Gasteiger partial charge on any atom is -0.497 e. The molecule has 0 unspecified atom stereocenters. The van der Waals surface area contributed by atoms with Crippen molar-refractivity contribution in [2.45, 2.75) is 25.3 Å². The van der Waals surface area contributed by atoms with Crippen LogP contribution in [0.3, 0.4) is 0 Å². The van der Waals surface area contributed by atoms with Gasteiger partial charge in [0, 0.05) is 24.8 Å². The maximum absolute atomic E-state index is 13.8. The van der Waals surface area contributed by atoms with Crippen molar-refractivity contribution in [3.8, 4) is 5.75 Å². The highest BCUT2D eigenvalue weighted by Crippen LogP contribution is 2.44. The van der Waals surface area contributed by atoms with Gasteiger partial charge in [0.1, 0.15) is 11.6 Å². The normalized spacial score (nSPS) is 18.1. The van der Waals surface area contributed by atoms with Crippen molar-refractivity contribution in [1.29, 1.82) is 0 Å². The van der Waals surface area contributed by atoms with Crippen molar-refractivity contribution >= 4 is 28.4 Å². The number of allylic oxidation sites excluding steroid dienone is 1. The molecule has 32 heavy (non-hydrogen) atoms. The van der Waals surface area contributed by atoms with Gasteiger partial charge in [0.05, 0.1) is 12.1 Å². The maximum atomic E-state index is 13.8. The van der Waals surface area contributed by atoms with Crippen molar-refractivity contribution in [2.24, 2.45) is 5.73 Å². The van der Waals surface area contributed by atoms with Gasteiger partial charge in [0.2, 0.25) is 0 Å². The summed E-state index contributed by atoms with van der Waals surface area (Å²) >= 11 is 6.51. The van der Waals surface area contributed by atoms with E-state index in [1.165, 1.54) is 23.4 Å². The van der Waals surface area contributed by atoms with Crippen LogP contribution >= 0.6 is 11.6 Å². The molecule has 2 N–H and O–H groups in total. The molecular weight excluding hydrogens is 423 g/mol. The predicted octanol–water partition coefficient (Wildman–Crippen LogP) is 5.93. The van der Waals surface area contributed by atoms with Crippen LogP contribution in [0, 0.1) is 5.82 Å². The second-order valence-electron chi connectivity index (χ2n) is 8.54. The molecular formula is C27H26ClFN2O. The Balaban J connectivity index is 1.66. The maximum Gasteiger partial charge on any atom is 0.124 e. The van der Waals surface area contributed by atoms with E-state index in [2.05, 4.69) is 41.3 Å². The molecule has 1 heterocycles. The van der Waals surface area contributed by atoms with Crippen LogP contribution in [0.4, 0.5) is 10.1 Å². The summed E-state index contributed by atoms with van der Waals surface area (Å²) in [4.78, 5) is 2.33. The highest BCUT2D eigenvalue weighted by molar-refractivity contribution is 6.32. The van der Waals surface area contributed by atoms with Gasteiger partial charge in [-0.1, -0.05) is 35.9 Å². The number of fused-ring (bicyclic) bond motifs is 1. The fourth-order valence-electron chi connectivity index (χ4n) is 4.87. The predicted molar refractivity (Wildman–Crippen MR) is 130 cm³/mol. The lowest BCUT2D eigenvalue weighted by atomic mass is 9.79. The average molecular weight is 449 g/mol. The van der Waals surface area contributed by atoms with Gasteiger partial charge < -0.3 is 15.4 Å². The van der Waals surface area contributed by atoms with E-state index in [1.807, 2.05) is 6.07 Å². The number of halogens is 2. The number of nitrogens with zero attached hydrogens (tertiary/aromatic N) is 1. The van der Waals surface area contributed by atoms with Crippen LogP contribution in [-0.2, 0) is 6.42 Å². The summed E-state index contributed by atoms with van der Waals surface area (Å²) in [5, 5.41) is 0.437. The van der Waals surface area contributed by atoms with E-state index >= 15 is 0 Å². The molecule has 1 aliphatic heterocycles. The van der Waals surface area contributed by atoms with Gasteiger partial charge in [-0.3, -0.25) is 0 Å². The SMILES string of the molecule is COc1ccc2c(c1)C(c1ccc(N3CC[C@H](N)C3)cc1)=C(c1ccc(F)cc1Cl)CC2. The smallest absolute Gasteiger partial charge is 0.124 e. The summed E-state index contributed by atoms with van der Waals surface area (Å²) in [5.41, 5.74) is 14.0. The first-order valence-corrected chi connectivity index (χ1v) is 11.4. The zero-order valence-corrected chi connectivity index (χ0v) is 18.8. The first kappa shape index (κ1) is 21.0. The first-order valence-electron chi connectivity index (χ1n) is 11.0. The van der Waals surface area contributed by atoms with Crippen LogP contribution in [0.5, 0.6) is 5.75 Å². The number of rotatable bonds is 4. The number of anilines is 1. The lowest BCUT2D eigenvalue weighted by Crippen LogP contribution is -2.26. The topological polar surface area (TPSA) is 38.5 Å². The molecule has 164 valence electrons. The molecule has 2 aliphatic rings. The van der Waals surface area contributed by atoms with E-state index < -0.39 is 0 Å². The summed E-state index contributed by atoms with van der Waals surface area (Å²) < 4.78 is 19.3. The van der Waals surface area contributed by atoms with Crippen molar-refractivity contribution < 1.29 is 9.13 Å². The molecule has 0 aromatic heterocycles. The summed E-state index contributed by atoms with van der Waals surface area (Å²) in [6.07, 6.45) is 2.76. The zero-order chi connectivity index (χ0) is 22.2. The van der Waals surface area contributed by atoms with E-state index in [0.717, 1.165) is 65.9 Å². The van der Waals surface area contributed by atoms with Crippen molar-refractivity contribution in [3.63, 3.8) is 0 Å². The molecule has 0 amide bonds. The fraction of sp³-hybridized carbons (Fsp3) is 0.259. The molecule has 0 spiro atoms. The molecule has 1 aliphatic carbocycles. The number of benzene rings is 3. The average Bonchev–Trinajstić information content (AvgIpc) is 3.24. The zero-order valence-electron chi connectivity index (χ0n) is 18.1. The highest BCUT2D eigenvalue weighted by atomic mass is 35.5. The summed E-state index contributed by atoms with van der Waals surface area (Å²) in [6, 6.07) is 19.8. The quantitative estimate of drug-likeness (QED) is 0.537.